The Morgan fingerprint density at radius 1 is 1.19 bits per heavy atom. The van der Waals surface area contributed by atoms with E-state index in [0.29, 0.717) is 36.2 Å². The summed E-state index contributed by atoms with van der Waals surface area (Å²) in [6.07, 6.45) is 1.67. The maximum atomic E-state index is 14.2. The van der Waals surface area contributed by atoms with Gasteiger partial charge < -0.3 is 10.2 Å². The standard InChI is InChI=1S/C23H25FN4O3/c1-3-23(16-8-5-4-6-9-16)21(30)28(22(31)25-23)26-19(29)14-27-13-7-10-17-18(24)12-11-15(2)20(17)27/h4-6,8-9,11-12H,3,7,10,13-14H2,1-2H3,(H,25,31)(H,26,29). The Morgan fingerprint density at radius 2 is 1.94 bits per heavy atom. The smallest absolute Gasteiger partial charge is 0.344 e. The van der Waals surface area contributed by atoms with Crippen molar-refractivity contribution in [3.63, 3.8) is 0 Å². The summed E-state index contributed by atoms with van der Waals surface area (Å²) in [5, 5.41) is 3.49. The number of amides is 4. The highest BCUT2D eigenvalue weighted by molar-refractivity contribution is 6.08. The van der Waals surface area contributed by atoms with Crippen LogP contribution in [-0.2, 0) is 21.5 Å². The van der Waals surface area contributed by atoms with Crippen molar-refractivity contribution in [1.29, 1.82) is 0 Å². The monoisotopic (exact) mass is 424 g/mol. The maximum absolute atomic E-state index is 14.2. The van der Waals surface area contributed by atoms with Crippen molar-refractivity contribution in [1.82, 2.24) is 15.8 Å². The summed E-state index contributed by atoms with van der Waals surface area (Å²) in [5.74, 6) is -1.32. The van der Waals surface area contributed by atoms with Crippen molar-refractivity contribution in [3.05, 3.63) is 65.0 Å². The van der Waals surface area contributed by atoms with Crippen molar-refractivity contribution in [2.24, 2.45) is 0 Å². The van der Waals surface area contributed by atoms with Crippen LogP contribution in [0.1, 0.15) is 36.5 Å². The van der Waals surface area contributed by atoms with Gasteiger partial charge in [-0.2, -0.15) is 5.01 Å². The number of hydrogen-bond acceptors (Lipinski definition) is 4. The van der Waals surface area contributed by atoms with Crippen LogP contribution in [0.2, 0.25) is 0 Å². The number of rotatable bonds is 5. The van der Waals surface area contributed by atoms with Crippen LogP contribution in [0.5, 0.6) is 0 Å². The number of fused-ring (bicyclic) bond motifs is 1. The Balaban J connectivity index is 1.52. The first-order valence-corrected chi connectivity index (χ1v) is 10.4. The largest absolute Gasteiger partial charge is 0.362 e. The van der Waals surface area contributed by atoms with Crippen molar-refractivity contribution in [2.75, 3.05) is 18.0 Å². The molecule has 4 amide bonds. The van der Waals surface area contributed by atoms with E-state index in [9.17, 15) is 18.8 Å². The van der Waals surface area contributed by atoms with Gasteiger partial charge >= 0.3 is 6.03 Å². The van der Waals surface area contributed by atoms with Crippen molar-refractivity contribution in [3.8, 4) is 0 Å². The van der Waals surface area contributed by atoms with Gasteiger partial charge in [-0.1, -0.05) is 43.3 Å². The quantitative estimate of drug-likeness (QED) is 0.724. The maximum Gasteiger partial charge on any atom is 0.344 e. The molecule has 0 aliphatic carbocycles. The number of aryl methyl sites for hydroxylation is 1. The molecule has 2 aromatic carbocycles. The fourth-order valence-electron chi connectivity index (χ4n) is 4.50. The highest BCUT2D eigenvalue weighted by atomic mass is 19.1. The van der Waals surface area contributed by atoms with Gasteiger partial charge in [-0.25, -0.2) is 9.18 Å². The summed E-state index contributed by atoms with van der Waals surface area (Å²) in [5.41, 5.74) is 4.08. The zero-order chi connectivity index (χ0) is 22.2. The minimum atomic E-state index is -1.22. The first kappa shape index (κ1) is 20.8. The number of carbonyl (C=O) groups excluding carboxylic acids is 3. The lowest BCUT2D eigenvalue weighted by molar-refractivity contribution is -0.139. The molecule has 2 aromatic rings. The molecule has 2 heterocycles. The molecule has 1 unspecified atom stereocenters. The van der Waals surface area contributed by atoms with Crippen LogP contribution >= 0.6 is 0 Å². The number of carbonyl (C=O) groups is 3. The van der Waals surface area contributed by atoms with Crippen molar-refractivity contribution >= 4 is 23.5 Å². The fourth-order valence-corrected chi connectivity index (χ4v) is 4.50. The average molecular weight is 424 g/mol. The number of imide groups is 1. The van der Waals surface area contributed by atoms with E-state index in [1.807, 2.05) is 13.0 Å². The molecule has 0 spiro atoms. The van der Waals surface area contributed by atoms with Crippen molar-refractivity contribution in [2.45, 2.75) is 38.6 Å². The Kier molecular flexibility index (Phi) is 5.39. The minimum absolute atomic E-state index is 0.0845. The summed E-state index contributed by atoms with van der Waals surface area (Å²) < 4.78 is 14.2. The number of halogens is 1. The molecule has 0 aromatic heterocycles. The molecule has 1 fully saturated rings. The first-order chi connectivity index (χ1) is 14.9. The number of hydrazine groups is 1. The number of urea groups is 1. The third-order valence-corrected chi connectivity index (χ3v) is 6.06. The molecule has 2 N–H and O–H groups in total. The van der Waals surface area contributed by atoms with Crippen LogP contribution < -0.4 is 15.6 Å². The first-order valence-electron chi connectivity index (χ1n) is 10.4. The number of nitrogens with zero attached hydrogens (tertiary/aromatic N) is 2. The van der Waals surface area contributed by atoms with E-state index >= 15 is 0 Å². The number of nitrogens with one attached hydrogen (secondary N) is 2. The van der Waals surface area contributed by atoms with Crippen LogP contribution in [0.15, 0.2) is 42.5 Å². The molecule has 1 atom stereocenters. The van der Waals surface area contributed by atoms with E-state index < -0.39 is 23.4 Å². The highest BCUT2D eigenvalue weighted by Crippen LogP contribution is 2.33. The second-order valence-electron chi connectivity index (χ2n) is 7.95. The van der Waals surface area contributed by atoms with Gasteiger partial charge in [-0.05, 0) is 43.4 Å². The Labute approximate surface area is 180 Å². The van der Waals surface area contributed by atoms with Gasteiger partial charge in [0.2, 0.25) is 0 Å². The Hall–Kier alpha value is -3.42. The Morgan fingerprint density at radius 3 is 2.65 bits per heavy atom. The SMILES string of the molecule is CCC1(c2ccccc2)NC(=O)N(NC(=O)CN2CCCc3c(F)ccc(C)c32)C1=O. The number of hydrogen-bond donors (Lipinski definition) is 2. The zero-order valence-electron chi connectivity index (χ0n) is 17.6. The lowest BCUT2D eigenvalue weighted by atomic mass is 9.87. The molecule has 4 rings (SSSR count). The van der Waals surface area contributed by atoms with E-state index in [1.54, 1.807) is 42.2 Å². The molecule has 2 aliphatic heterocycles. The second-order valence-corrected chi connectivity index (χ2v) is 7.95. The van der Waals surface area contributed by atoms with E-state index in [2.05, 4.69) is 10.7 Å². The highest BCUT2D eigenvalue weighted by Gasteiger charge is 2.52. The van der Waals surface area contributed by atoms with E-state index in [0.717, 1.165) is 17.0 Å². The molecule has 0 radical (unpaired) electrons. The molecule has 31 heavy (non-hydrogen) atoms. The molecule has 1 saturated heterocycles. The zero-order valence-corrected chi connectivity index (χ0v) is 17.6. The topological polar surface area (TPSA) is 81.8 Å². The summed E-state index contributed by atoms with van der Waals surface area (Å²) >= 11 is 0. The summed E-state index contributed by atoms with van der Waals surface area (Å²) in [6.45, 7) is 4.19. The lowest BCUT2D eigenvalue weighted by Gasteiger charge is -2.32. The molecule has 2 aliphatic rings. The van der Waals surface area contributed by atoms with Crippen LogP contribution in [0, 0.1) is 12.7 Å². The summed E-state index contributed by atoms with van der Waals surface area (Å²) in [6, 6.07) is 11.4. The van der Waals surface area contributed by atoms with E-state index in [4.69, 9.17) is 0 Å². The van der Waals surface area contributed by atoms with Crippen LogP contribution in [0.25, 0.3) is 0 Å². The average Bonchev–Trinajstić information content (AvgIpc) is 3.02. The van der Waals surface area contributed by atoms with Gasteiger partial charge in [0.1, 0.15) is 11.4 Å². The number of anilines is 1. The summed E-state index contributed by atoms with van der Waals surface area (Å²) in [4.78, 5) is 40.3. The molecule has 162 valence electrons. The third kappa shape index (κ3) is 3.52. The molecule has 7 nitrogen and oxygen atoms in total. The third-order valence-electron chi connectivity index (χ3n) is 6.06. The predicted molar refractivity (Wildman–Crippen MR) is 114 cm³/mol. The molecular weight excluding hydrogens is 399 g/mol. The summed E-state index contributed by atoms with van der Waals surface area (Å²) in [7, 11) is 0. The van der Waals surface area contributed by atoms with Gasteiger partial charge in [0.05, 0.1) is 6.54 Å². The van der Waals surface area contributed by atoms with E-state index in [-0.39, 0.29) is 12.4 Å². The molecule has 8 heteroatoms. The van der Waals surface area contributed by atoms with E-state index in [1.165, 1.54) is 6.07 Å². The fraction of sp³-hybridized carbons (Fsp3) is 0.348. The molecule has 0 saturated carbocycles. The normalized spacial score (nSPS) is 20.5. The van der Waals surface area contributed by atoms with Crippen LogP contribution in [-0.4, -0.2) is 35.9 Å². The predicted octanol–water partition coefficient (Wildman–Crippen LogP) is 2.78. The minimum Gasteiger partial charge on any atom is -0.362 e. The van der Waals surface area contributed by atoms with Crippen molar-refractivity contribution < 1.29 is 18.8 Å². The van der Waals surface area contributed by atoms with Gasteiger partial charge in [-0.15, -0.1) is 0 Å². The van der Waals surface area contributed by atoms with Crippen LogP contribution in [0.4, 0.5) is 14.9 Å². The van der Waals surface area contributed by atoms with Gasteiger partial charge in [0.15, 0.2) is 0 Å². The van der Waals surface area contributed by atoms with Crippen LogP contribution in [0.3, 0.4) is 0 Å². The van der Waals surface area contributed by atoms with Gasteiger partial charge in [0.25, 0.3) is 11.8 Å². The number of benzene rings is 2. The lowest BCUT2D eigenvalue weighted by Crippen LogP contribution is -2.51. The van der Waals surface area contributed by atoms with Gasteiger partial charge in [0, 0.05) is 17.8 Å². The molecular formula is C23H25FN4O3. The second kappa shape index (κ2) is 8.02. The Bertz CT molecular complexity index is 1040. The van der Waals surface area contributed by atoms with Gasteiger partial charge in [-0.3, -0.25) is 15.0 Å². The molecule has 0 bridgehead atoms.